The average molecular weight is 277 g/mol. The summed E-state index contributed by atoms with van der Waals surface area (Å²) >= 11 is 0. The van der Waals surface area contributed by atoms with Gasteiger partial charge in [0.05, 0.1) is 12.2 Å². The Morgan fingerprint density at radius 1 is 1.40 bits per heavy atom. The van der Waals surface area contributed by atoms with Gasteiger partial charge in [0.1, 0.15) is 5.75 Å². The first-order valence-electron chi connectivity index (χ1n) is 7.62. The molecule has 1 heterocycles. The van der Waals surface area contributed by atoms with Gasteiger partial charge in [0, 0.05) is 19.1 Å². The van der Waals surface area contributed by atoms with Crippen LogP contribution in [0.15, 0.2) is 18.2 Å². The minimum absolute atomic E-state index is 0.136. The molecule has 3 nitrogen and oxygen atoms in total. The number of likely N-dealkylation sites (N-methyl/N-ethyl adjacent to an activating group) is 1. The minimum Gasteiger partial charge on any atom is -0.493 e. The van der Waals surface area contributed by atoms with E-state index in [1.807, 2.05) is 7.05 Å². The van der Waals surface area contributed by atoms with Crippen LogP contribution in [0.25, 0.3) is 0 Å². The van der Waals surface area contributed by atoms with E-state index in [4.69, 9.17) is 9.47 Å². The number of hydrogen-bond donors (Lipinski definition) is 1. The molecule has 20 heavy (non-hydrogen) atoms. The van der Waals surface area contributed by atoms with Gasteiger partial charge in [-0.15, -0.1) is 0 Å². The van der Waals surface area contributed by atoms with E-state index in [1.54, 1.807) is 0 Å². The monoisotopic (exact) mass is 277 g/mol. The molecule has 3 heteroatoms. The molecule has 1 aromatic rings. The number of benzene rings is 1. The molecule has 0 bridgehead atoms. The molecule has 0 saturated heterocycles. The molecule has 1 aliphatic rings. The van der Waals surface area contributed by atoms with Crippen molar-refractivity contribution in [2.45, 2.75) is 51.7 Å². The fourth-order valence-electron chi connectivity index (χ4n) is 3.02. The van der Waals surface area contributed by atoms with Crippen LogP contribution >= 0.6 is 0 Å². The van der Waals surface area contributed by atoms with E-state index >= 15 is 0 Å². The number of rotatable bonds is 7. The van der Waals surface area contributed by atoms with Crippen LogP contribution in [0.2, 0.25) is 0 Å². The van der Waals surface area contributed by atoms with E-state index in [0.29, 0.717) is 6.04 Å². The molecular formula is C17H27NO2. The molecule has 1 unspecified atom stereocenters. The summed E-state index contributed by atoms with van der Waals surface area (Å²) in [6.07, 6.45) is 3.18. The van der Waals surface area contributed by atoms with E-state index < -0.39 is 0 Å². The van der Waals surface area contributed by atoms with Crippen LogP contribution in [0.5, 0.6) is 5.75 Å². The summed E-state index contributed by atoms with van der Waals surface area (Å²) in [6, 6.07) is 6.94. The molecule has 0 radical (unpaired) electrons. The lowest BCUT2D eigenvalue weighted by molar-refractivity contribution is -0.0382. The number of ether oxygens (including phenoxy) is 2. The van der Waals surface area contributed by atoms with Crippen molar-refractivity contribution in [2.24, 2.45) is 0 Å². The lowest BCUT2D eigenvalue weighted by Gasteiger charge is -2.34. The second-order valence-corrected chi connectivity index (χ2v) is 5.96. The Kier molecular flexibility index (Phi) is 5.06. The number of fused-ring (bicyclic) bond motifs is 1. The zero-order valence-electron chi connectivity index (χ0n) is 13.2. The van der Waals surface area contributed by atoms with Crippen LogP contribution < -0.4 is 10.1 Å². The maximum atomic E-state index is 5.86. The highest BCUT2D eigenvalue weighted by atomic mass is 16.5. The van der Waals surface area contributed by atoms with Crippen molar-refractivity contribution in [3.8, 4) is 5.75 Å². The van der Waals surface area contributed by atoms with Crippen LogP contribution in [0, 0.1) is 0 Å². The van der Waals surface area contributed by atoms with Crippen molar-refractivity contribution < 1.29 is 9.47 Å². The second kappa shape index (κ2) is 6.59. The van der Waals surface area contributed by atoms with Crippen LogP contribution in [-0.2, 0) is 17.6 Å². The number of nitrogens with one attached hydrogen (secondary N) is 1. The van der Waals surface area contributed by atoms with Gasteiger partial charge in [-0.05, 0) is 57.9 Å². The summed E-state index contributed by atoms with van der Waals surface area (Å²) < 4.78 is 11.4. The molecule has 0 fully saturated rings. The van der Waals surface area contributed by atoms with E-state index in [2.05, 4.69) is 44.3 Å². The Morgan fingerprint density at radius 2 is 2.20 bits per heavy atom. The van der Waals surface area contributed by atoms with E-state index in [1.165, 1.54) is 11.1 Å². The minimum atomic E-state index is -0.136. The van der Waals surface area contributed by atoms with Gasteiger partial charge in [0.15, 0.2) is 0 Å². The van der Waals surface area contributed by atoms with Crippen LogP contribution in [0.3, 0.4) is 0 Å². The van der Waals surface area contributed by atoms with Gasteiger partial charge in [-0.2, -0.15) is 0 Å². The fourth-order valence-corrected chi connectivity index (χ4v) is 3.02. The van der Waals surface area contributed by atoms with Crippen molar-refractivity contribution >= 4 is 0 Å². The van der Waals surface area contributed by atoms with Gasteiger partial charge < -0.3 is 14.8 Å². The predicted octanol–water partition coefficient (Wildman–Crippen LogP) is 2.96. The Bertz CT molecular complexity index is 443. The first-order chi connectivity index (χ1) is 9.56. The Morgan fingerprint density at radius 3 is 2.90 bits per heavy atom. The molecule has 1 N–H and O–H groups in total. The van der Waals surface area contributed by atoms with E-state index in [-0.39, 0.29) is 5.60 Å². The molecule has 112 valence electrons. The van der Waals surface area contributed by atoms with Crippen molar-refractivity contribution in [1.29, 1.82) is 0 Å². The Balaban J connectivity index is 1.96. The third kappa shape index (κ3) is 3.53. The van der Waals surface area contributed by atoms with Crippen LogP contribution in [-0.4, -0.2) is 31.9 Å². The molecule has 0 amide bonds. The molecule has 0 aliphatic carbocycles. The molecule has 0 saturated carbocycles. The summed E-state index contributed by atoms with van der Waals surface area (Å²) in [5.41, 5.74) is 2.61. The number of hydrogen-bond acceptors (Lipinski definition) is 3. The molecule has 2 rings (SSSR count). The first-order valence-corrected chi connectivity index (χ1v) is 7.62. The van der Waals surface area contributed by atoms with Gasteiger partial charge in [-0.25, -0.2) is 0 Å². The van der Waals surface area contributed by atoms with Crippen LogP contribution in [0.1, 0.15) is 38.3 Å². The van der Waals surface area contributed by atoms with Crippen molar-refractivity contribution in [3.05, 3.63) is 29.3 Å². The standard InChI is InChI=1S/C17H27NO2/c1-5-20-17(2,3)16(18-4)9-7-13-6-8-15-14(12-13)10-11-19-15/h6,8,12,16,18H,5,7,9-11H2,1-4H3. The second-order valence-electron chi connectivity index (χ2n) is 5.96. The zero-order chi connectivity index (χ0) is 14.6. The largest absolute Gasteiger partial charge is 0.493 e. The van der Waals surface area contributed by atoms with Gasteiger partial charge in [-0.3, -0.25) is 0 Å². The topological polar surface area (TPSA) is 30.5 Å². The lowest BCUT2D eigenvalue weighted by atomic mass is 9.92. The van der Waals surface area contributed by atoms with Gasteiger partial charge in [0.2, 0.25) is 0 Å². The highest BCUT2D eigenvalue weighted by molar-refractivity contribution is 5.39. The van der Waals surface area contributed by atoms with E-state index in [9.17, 15) is 0 Å². The van der Waals surface area contributed by atoms with Gasteiger partial charge in [0.25, 0.3) is 0 Å². The zero-order valence-corrected chi connectivity index (χ0v) is 13.2. The Labute approximate surface area is 122 Å². The highest BCUT2D eigenvalue weighted by Gasteiger charge is 2.28. The predicted molar refractivity (Wildman–Crippen MR) is 82.5 cm³/mol. The van der Waals surface area contributed by atoms with Gasteiger partial charge in [-0.1, -0.05) is 12.1 Å². The third-order valence-corrected chi connectivity index (χ3v) is 4.18. The average Bonchev–Trinajstić information content (AvgIpc) is 2.86. The lowest BCUT2D eigenvalue weighted by Crippen LogP contribution is -2.47. The SMILES string of the molecule is CCOC(C)(C)C(CCc1ccc2c(c1)CCO2)NC. The summed E-state index contributed by atoms with van der Waals surface area (Å²) in [4.78, 5) is 0. The summed E-state index contributed by atoms with van der Waals surface area (Å²) in [5, 5.41) is 3.40. The number of aryl methyl sites for hydroxylation is 1. The molecule has 1 aromatic carbocycles. The third-order valence-electron chi connectivity index (χ3n) is 4.18. The molecular weight excluding hydrogens is 250 g/mol. The van der Waals surface area contributed by atoms with Crippen LogP contribution in [0.4, 0.5) is 0 Å². The smallest absolute Gasteiger partial charge is 0.122 e. The normalized spacial score (nSPS) is 15.8. The maximum absolute atomic E-state index is 5.86. The molecule has 1 aliphatic heterocycles. The fraction of sp³-hybridized carbons (Fsp3) is 0.647. The summed E-state index contributed by atoms with van der Waals surface area (Å²) in [5.74, 6) is 1.06. The summed E-state index contributed by atoms with van der Waals surface area (Å²) in [6.45, 7) is 7.95. The molecule has 0 aromatic heterocycles. The van der Waals surface area contributed by atoms with Crippen molar-refractivity contribution in [1.82, 2.24) is 5.32 Å². The van der Waals surface area contributed by atoms with Crippen molar-refractivity contribution in [3.63, 3.8) is 0 Å². The highest BCUT2D eigenvalue weighted by Crippen LogP contribution is 2.27. The maximum Gasteiger partial charge on any atom is 0.122 e. The van der Waals surface area contributed by atoms with Gasteiger partial charge >= 0.3 is 0 Å². The summed E-state index contributed by atoms with van der Waals surface area (Å²) in [7, 11) is 2.02. The molecule has 0 spiro atoms. The molecule has 1 atom stereocenters. The quantitative estimate of drug-likeness (QED) is 0.831. The van der Waals surface area contributed by atoms with Crippen molar-refractivity contribution in [2.75, 3.05) is 20.3 Å². The van der Waals surface area contributed by atoms with E-state index in [0.717, 1.165) is 38.2 Å². The Hall–Kier alpha value is -1.06. The first kappa shape index (κ1) is 15.3.